The molecule has 2 N–H and O–H groups in total. The van der Waals surface area contributed by atoms with Crippen LogP contribution < -0.4 is 10.5 Å². The van der Waals surface area contributed by atoms with Gasteiger partial charge in [-0.2, -0.15) is 0 Å². The Morgan fingerprint density at radius 1 is 1.57 bits per heavy atom. The highest BCUT2D eigenvalue weighted by Gasteiger charge is 2.20. The van der Waals surface area contributed by atoms with E-state index < -0.39 is 0 Å². The van der Waals surface area contributed by atoms with Crippen LogP contribution >= 0.6 is 11.6 Å². The highest BCUT2D eigenvalue weighted by molar-refractivity contribution is 6.30. The molecule has 1 aromatic carbocycles. The SMILES string of the molecule is CC[C@@H](N)c1cc(Cl)cc2c1OCC2. The summed E-state index contributed by atoms with van der Waals surface area (Å²) in [7, 11) is 0. The first-order valence-electron chi connectivity index (χ1n) is 4.93. The molecule has 2 nitrogen and oxygen atoms in total. The molecule has 1 aliphatic heterocycles. The summed E-state index contributed by atoms with van der Waals surface area (Å²) >= 11 is 6.02. The molecule has 1 aliphatic rings. The highest BCUT2D eigenvalue weighted by atomic mass is 35.5. The quantitative estimate of drug-likeness (QED) is 0.817. The van der Waals surface area contributed by atoms with Gasteiger partial charge in [-0.3, -0.25) is 0 Å². The topological polar surface area (TPSA) is 35.2 Å². The van der Waals surface area contributed by atoms with Crippen molar-refractivity contribution >= 4 is 11.6 Å². The molecule has 0 spiro atoms. The Morgan fingerprint density at radius 3 is 3.07 bits per heavy atom. The van der Waals surface area contributed by atoms with Gasteiger partial charge in [-0.15, -0.1) is 0 Å². The van der Waals surface area contributed by atoms with Crippen molar-refractivity contribution in [2.24, 2.45) is 5.73 Å². The van der Waals surface area contributed by atoms with E-state index in [1.807, 2.05) is 12.1 Å². The van der Waals surface area contributed by atoms with Crippen LogP contribution in [0.25, 0.3) is 0 Å². The molecule has 3 heteroatoms. The standard InChI is InChI=1S/C11H14ClNO/c1-2-10(13)9-6-8(12)5-7-3-4-14-11(7)9/h5-6,10H,2-4,13H2,1H3/t10-/m1/s1. The number of benzene rings is 1. The molecule has 76 valence electrons. The zero-order valence-corrected chi connectivity index (χ0v) is 8.97. The van der Waals surface area contributed by atoms with E-state index in [0.717, 1.165) is 35.8 Å². The van der Waals surface area contributed by atoms with E-state index in [1.165, 1.54) is 5.56 Å². The van der Waals surface area contributed by atoms with E-state index in [2.05, 4.69) is 6.92 Å². The minimum atomic E-state index is 0.0283. The zero-order valence-electron chi connectivity index (χ0n) is 8.22. The summed E-state index contributed by atoms with van der Waals surface area (Å²) in [5, 5.41) is 0.758. The van der Waals surface area contributed by atoms with E-state index in [4.69, 9.17) is 22.1 Å². The summed E-state index contributed by atoms with van der Waals surface area (Å²) in [4.78, 5) is 0. The average molecular weight is 212 g/mol. The molecular formula is C11H14ClNO. The Hall–Kier alpha value is -0.730. The number of fused-ring (bicyclic) bond motifs is 1. The van der Waals surface area contributed by atoms with Gasteiger partial charge in [-0.25, -0.2) is 0 Å². The third-order valence-corrected chi connectivity index (χ3v) is 2.83. The van der Waals surface area contributed by atoms with Crippen LogP contribution in [0.2, 0.25) is 5.02 Å². The van der Waals surface area contributed by atoms with Crippen molar-refractivity contribution < 1.29 is 4.74 Å². The van der Waals surface area contributed by atoms with Crippen LogP contribution in [0.1, 0.15) is 30.5 Å². The molecule has 0 amide bonds. The fourth-order valence-electron chi connectivity index (χ4n) is 1.79. The predicted octanol–water partition coefficient (Wildman–Crippen LogP) is 2.68. The van der Waals surface area contributed by atoms with Gasteiger partial charge >= 0.3 is 0 Å². The molecular weight excluding hydrogens is 198 g/mol. The Morgan fingerprint density at radius 2 is 2.36 bits per heavy atom. The normalized spacial score (nSPS) is 16.2. The van der Waals surface area contributed by atoms with E-state index in [1.54, 1.807) is 0 Å². The van der Waals surface area contributed by atoms with Gasteiger partial charge in [0, 0.05) is 23.0 Å². The first-order chi connectivity index (χ1) is 6.72. The summed E-state index contributed by atoms with van der Waals surface area (Å²) < 4.78 is 5.57. The Bertz CT molecular complexity index is 351. The number of hydrogen-bond acceptors (Lipinski definition) is 2. The summed E-state index contributed by atoms with van der Waals surface area (Å²) in [6.45, 7) is 2.81. The highest BCUT2D eigenvalue weighted by Crippen LogP contribution is 2.36. The number of nitrogens with two attached hydrogens (primary N) is 1. The zero-order chi connectivity index (χ0) is 10.1. The molecule has 0 saturated heterocycles. The lowest BCUT2D eigenvalue weighted by atomic mass is 10.0. The second-order valence-corrected chi connectivity index (χ2v) is 4.03. The molecule has 1 heterocycles. The van der Waals surface area contributed by atoms with Crippen LogP contribution in [0.5, 0.6) is 5.75 Å². The largest absolute Gasteiger partial charge is 0.493 e. The first-order valence-corrected chi connectivity index (χ1v) is 5.31. The van der Waals surface area contributed by atoms with E-state index in [-0.39, 0.29) is 6.04 Å². The molecule has 1 aromatic rings. The fraction of sp³-hybridized carbons (Fsp3) is 0.455. The van der Waals surface area contributed by atoms with Gasteiger partial charge in [0.2, 0.25) is 0 Å². The molecule has 0 radical (unpaired) electrons. The number of hydrogen-bond donors (Lipinski definition) is 1. The molecule has 0 bridgehead atoms. The maximum atomic E-state index is 6.02. The molecule has 0 aliphatic carbocycles. The molecule has 14 heavy (non-hydrogen) atoms. The van der Waals surface area contributed by atoms with Crippen molar-refractivity contribution in [3.05, 3.63) is 28.3 Å². The molecule has 0 aromatic heterocycles. The summed E-state index contributed by atoms with van der Waals surface area (Å²) in [6.07, 6.45) is 1.84. The van der Waals surface area contributed by atoms with Crippen molar-refractivity contribution in [1.82, 2.24) is 0 Å². The lowest BCUT2D eigenvalue weighted by molar-refractivity contribution is 0.351. The smallest absolute Gasteiger partial charge is 0.127 e. The van der Waals surface area contributed by atoms with E-state index >= 15 is 0 Å². The van der Waals surface area contributed by atoms with Crippen LogP contribution in [-0.4, -0.2) is 6.61 Å². The molecule has 0 unspecified atom stereocenters. The van der Waals surface area contributed by atoms with Crippen molar-refractivity contribution in [1.29, 1.82) is 0 Å². The van der Waals surface area contributed by atoms with Crippen molar-refractivity contribution in [3.8, 4) is 5.75 Å². The minimum absolute atomic E-state index is 0.0283. The number of rotatable bonds is 2. The molecule has 1 atom stereocenters. The maximum Gasteiger partial charge on any atom is 0.127 e. The van der Waals surface area contributed by atoms with Crippen molar-refractivity contribution in [3.63, 3.8) is 0 Å². The Labute approximate surface area is 89.0 Å². The van der Waals surface area contributed by atoms with E-state index in [0.29, 0.717) is 0 Å². The third kappa shape index (κ3) is 1.60. The van der Waals surface area contributed by atoms with Gasteiger partial charge in [-0.05, 0) is 24.1 Å². The Balaban J connectivity index is 2.48. The number of ether oxygens (including phenoxy) is 1. The third-order valence-electron chi connectivity index (χ3n) is 2.62. The second kappa shape index (κ2) is 3.79. The Kier molecular flexibility index (Phi) is 2.66. The van der Waals surface area contributed by atoms with Gasteiger partial charge < -0.3 is 10.5 Å². The van der Waals surface area contributed by atoms with Crippen LogP contribution in [-0.2, 0) is 6.42 Å². The van der Waals surface area contributed by atoms with Gasteiger partial charge in [0.25, 0.3) is 0 Å². The summed E-state index contributed by atoms with van der Waals surface area (Å²) in [5.41, 5.74) is 8.24. The van der Waals surface area contributed by atoms with Gasteiger partial charge in [0.1, 0.15) is 5.75 Å². The van der Waals surface area contributed by atoms with Gasteiger partial charge in [0.15, 0.2) is 0 Å². The number of halogens is 1. The summed E-state index contributed by atoms with van der Waals surface area (Å²) in [5.74, 6) is 0.962. The summed E-state index contributed by atoms with van der Waals surface area (Å²) in [6, 6.07) is 3.91. The van der Waals surface area contributed by atoms with Crippen LogP contribution in [0.15, 0.2) is 12.1 Å². The van der Waals surface area contributed by atoms with Crippen molar-refractivity contribution in [2.45, 2.75) is 25.8 Å². The molecule has 0 saturated carbocycles. The lowest BCUT2D eigenvalue weighted by Crippen LogP contribution is -2.10. The molecule has 0 fully saturated rings. The minimum Gasteiger partial charge on any atom is -0.493 e. The van der Waals surface area contributed by atoms with Crippen molar-refractivity contribution in [2.75, 3.05) is 6.61 Å². The average Bonchev–Trinajstić information content (AvgIpc) is 2.62. The van der Waals surface area contributed by atoms with Crippen LogP contribution in [0.4, 0.5) is 0 Å². The second-order valence-electron chi connectivity index (χ2n) is 3.60. The van der Waals surface area contributed by atoms with Gasteiger partial charge in [-0.1, -0.05) is 18.5 Å². The van der Waals surface area contributed by atoms with Gasteiger partial charge in [0.05, 0.1) is 6.61 Å². The molecule has 2 rings (SSSR count). The fourth-order valence-corrected chi connectivity index (χ4v) is 2.04. The predicted molar refractivity (Wildman–Crippen MR) is 57.9 cm³/mol. The maximum absolute atomic E-state index is 6.02. The van der Waals surface area contributed by atoms with E-state index in [9.17, 15) is 0 Å². The lowest BCUT2D eigenvalue weighted by Gasteiger charge is -2.14. The first kappa shape index (κ1) is 9.81. The monoisotopic (exact) mass is 211 g/mol. The van der Waals surface area contributed by atoms with Crippen LogP contribution in [0.3, 0.4) is 0 Å². The van der Waals surface area contributed by atoms with Crippen LogP contribution in [0, 0.1) is 0 Å².